The SMILES string of the molecule is CC(C)CN1C(=O)c2[nH]nc(-c3ccc(Cl)cc3)c2C1c1ccccc1. The molecule has 0 saturated heterocycles. The Balaban J connectivity index is 1.87. The van der Waals surface area contributed by atoms with E-state index in [1.165, 1.54) is 0 Å². The molecule has 26 heavy (non-hydrogen) atoms. The Morgan fingerprint density at radius 2 is 1.81 bits per heavy atom. The van der Waals surface area contributed by atoms with Gasteiger partial charge < -0.3 is 4.90 Å². The summed E-state index contributed by atoms with van der Waals surface area (Å²) in [5.74, 6) is 0.386. The van der Waals surface area contributed by atoms with Crippen molar-refractivity contribution in [2.45, 2.75) is 19.9 Å². The maximum absolute atomic E-state index is 13.0. The van der Waals surface area contributed by atoms with Gasteiger partial charge in [-0.25, -0.2) is 0 Å². The second kappa shape index (κ2) is 6.61. The molecule has 3 aromatic rings. The lowest BCUT2D eigenvalue weighted by Gasteiger charge is -2.28. The van der Waals surface area contributed by atoms with E-state index >= 15 is 0 Å². The second-order valence-electron chi connectivity index (χ2n) is 7.03. The average Bonchev–Trinajstić information content (AvgIpc) is 3.16. The minimum absolute atomic E-state index is 0.00951. The maximum atomic E-state index is 13.0. The van der Waals surface area contributed by atoms with Crippen LogP contribution in [0.2, 0.25) is 5.02 Å². The molecule has 1 atom stereocenters. The number of fused-ring (bicyclic) bond motifs is 1. The molecule has 0 radical (unpaired) electrons. The Morgan fingerprint density at radius 3 is 2.46 bits per heavy atom. The number of nitrogens with one attached hydrogen (secondary N) is 1. The molecule has 2 heterocycles. The minimum Gasteiger partial charge on any atom is -0.326 e. The van der Waals surface area contributed by atoms with Crippen LogP contribution < -0.4 is 0 Å². The van der Waals surface area contributed by atoms with E-state index in [2.05, 4.69) is 36.2 Å². The van der Waals surface area contributed by atoms with Crippen LogP contribution >= 0.6 is 11.6 Å². The summed E-state index contributed by atoms with van der Waals surface area (Å²) in [5.41, 5.74) is 4.39. The number of rotatable bonds is 4. The van der Waals surface area contributed by atoms with Crippen LogP contribution in [0.4, 0.5) is 0 Å². The summed E-state index contributed by atoms with van der Waals surface area (Å²) < 4.78 is 0. The Morgan fingerprint density at radius 1 is 1.12 bits per heavy atom. The molecule has 4 rings (SSSR count). The van der Waals surface area contributed by atoms with Crippen molar-refractivity contribution in [3.8, 4) is 11.3 Å². The molecule has 0 spiro atoms. The van der Waals surface area contributed by atoms with Gasteiger partial charge in [-0.3, -0.25) is 9.89 Å². The van der Waals surface area contributed by atoms with Crippen molar-refractivity contribution in [3.05, 3.63) is 76.4 Å². The molecule has 1 aliphatic heterocycles. The Kier molecular flexibility index (Phi) is 4.29. The van der Waals surface area contributed by atoms with Crippen molar-refractivity contribution in [1.29, 1.82) is 0 Å². The van der Waals surface area contributed by atoms with E-state index < -0.39 is 0 Å². The third-order valence-corrected chi connectivity index (χ3v) is 4.91. The summed E-state index contributed by atoms with van der Waals surface area (Å²) >= 11 is 6.03. The predicted octanol–water partition coefficient (Wildman–Crippen LogP) is 4.93. The fourth-order valence-corrected chi connectivity index (χ4v) is 3.71. The van der Waals surface area contributed by atoms with Crippen LogP contribution in [0.25, 0.3) is 11.3 Å². The molecule has 132 valence electrons. The zero-order chi connectivity index (χ0) is 18.3. The first kappa shape index (κ1) is 16.9. The number of H-pyrrole nitrogens is 1. The van der Waals surface area contributed by atoms with E-state index in [-0.39, 0.29) is 11.9 Å². The highest BCUT2D eigenvalue weighted by atomic mass is 35.5. The van der Waals surface area contributed by atoms with Gasteiger partial charge in [0.15, 0.2) is 0 Å². The third kappa shape index (κ3) is 2.80. The fraction of sp³-hybridized carbons (Fsp3) is 0.238. The molecule has 1 N–H and O–H groups in total. The van der Waals surface area contributed by atoms with Crippen molar-refractivity contribution >= 4 is 17.5 Å². The van der Waals surface area contributed by atoms with E-state index in [4.69, 9.17) is 11.6 Å². The molecule has 5 heteroatoms. The monoisotopic (exact) mass is 365 g/mol. The van der Waals surface area contributed by atoms with Crippen LogP contribution in [0.1, 0.15) is 41.5 Å². The number of aromatic nitrogens is 2. The molecule has 1 amide bonds. The second-order valence-corrected chi connectivity index (χ2v) is 7.47. The molecule has 0 bridgehead atoms. The predicted molar refractivity (Wildman–Crippen MR) is 103 cm³/mol. The standard InChI is InChI=1S/C21H20ClN3O/c1-13(2)12-25-20(15-6-4-3-5-7-15)17-18(23-24-19(17)21(25)26)14-8-10-16(22)11-9-14/h3-11,13,20H,12H2,1-2H3,(H,23,24). The first-order valence-electron chi connectivity index (χ1n) is 8.76. The molecule has 0 fully saturated rings. The van der Waals surface area contributed by atoms with Crippen LogP contribution in [0.3, 0.4) is 0 Å². The number of amides is 1. The minimum atomic E-state index is -0.134. The largest absolute Gasteiger partial charge is 0.326 e. The Bertz CT molecular complexity index is 932. The first-order chi connectivity index (χ1) is 12.6. The summed E-state index contributed by atoms with van der Waals surface area (Å²) in [6, 6.07) is 17.6. The molecule has 2 aromatic carbocycles. The summed E-state index contributed by atoms with van der Waals surface area (Å²) in [7, 11) is 0. The molecule has 0 saturated carbocycles. The lowest BCUT2D eigenvalue weighted by Crippen LogP contribution is -2.32. The van der Waals surface area contributed by atoms with Crippen molar-refractivity contribution in [2.24, 2.45) is 5.92 Å². The number of hydrogen-bond acceptors (Lipinski definition) is 2. The molecule has 1 unspecified atom stereocenters. The van der Waals surface area contributed by atoms with Gasteiger partial charge in [0, 0.05) is 22.7 Å². The summed E-state index contributed by atoms with van der Waals surface area (Å²) in [6.45, 7) is 4.95. The highest BCUT2D eigenvalue weighted by molar-refractivity contribution is 6.30. The quantitative estimate of drug-likeness (QED) is 0.712. The van der Waals surface area contributed by atoms with Gasteiger partial charge in [0.05, 0.1) is 11.7 Å². The number of carbonyl (C=O) groups excluding carboxylic acids is 1. The van der Waals surface area contributed by atoms with E-state index in [0.29, 0.717) is 23.2 Å². The van der Waals surface area contributed by atoms with E-state index in [0.717, 1.165) is 22.4 Å². The third-order valence-electron chi connectivity index (χ3n) is 4.66. The average molecular weight is 366 g/mol. The van der Waals surface area contributed by atoms with Crippen LogP contribution in [-0.4, -0.2) is 27.5 Å². The zero-order valence-electron chi connectivity index (χ0n) is 14.7. The van der Waals surface area contributed by atoms with Gasteiger partial charge in [0.25, 0.3) is 5.91 Å². The van der Waals surface area contributed by atoms with Crippen LogP contribution in [-0.2, 0) is 0 Å². The van der Waals surface area contributed by atoms with Crippen molar-refractivity contribution in [1.82, 2.24) is 15.1 Å². The molecule has 4 nitrogen and oxygen atoms in total. The van der Waals surface area contributed by atoms with Crippen molar-refractivity contribution < 1.29 is 4.79 Å². The van der Waals surface area contributed by atoms with E-state index in [1.54, 1.807) is 0 Å². The number of nitrogens with zero attached hydrogens (tertiary/aromatic N) is 2. The Hall–Kier alpha value is -2.59. The zero-order valence-corrected chi connectivity index (χ0v) is 15.5. The summed E-state index contributed by atoms with van der Waals surface area (Å²) in [5, 5.41) is 8.12. The molecule has 1 aromatic heterocycles. The topological polar surface area (TPSA) is 49.0 Å². The van der Waals surface area contributed by atoms with Crippen molar-refractivity contribution in [2.75, 3.05) is 6.54 Å². The number of benzene rings is 2. The summed E-state index contributed by atoms with van der Waals surface area (Å²) in [6.07, 6.45) is 0. The highest BCUT2D eigenvalue weighted by Gasteiger charge is 2.42. The lowest BCUT2D eigenvalue weighted by molar-refractivity contribution is 0.0722. The van der Waals surface area contributed by atoms with Gasteiger partial charge in [-0.2, -0.15) is 5.10 Å². The first-order valence-corrected chi connectivity index (χ1v) is 9.14. The van der Waals surface area contributed by atoms with Gasteiger partial charge in [-0.15, -0.1) is 0 Å². The van der Waals surface area contributed by atoms with Gasteiger partial charge in [-0.05, 0) is 23.6 Å². The number of carbonyl (C=O) groups is 1. The van der Waals surface area contributed by atoms with Crippen LogP contribution in [0.15, 0.2) is 54.6 Å². The van der Waals surface area contributed by atoms with Crippen molar-refractivity contribution in [3.63, 3.8) is 0 Å². The van der Waals surface area contributed by atoms with E-state index in [1.807, 2.05) is 47.4 Å². The molecule has 1 aliphatic rings. The summed E-state index contributed by atoms with van der Waals surface area (Å²) in [4.78, 5) is 15.0. The highest BCUT2D eigenvalue weighted by Crippen LogP contribution is 2.43. The fourth-order valence-electron chi connectivity index (χ4n) is 3.59. The van der Waals surface area contributed by atoms with Gasteiger partial charge in [-0.1, -0.05) is 67.9 Å². The van der Waals surface area contributed by atoms with Gasteiger partial charge in [0.2, 0.25) is 0 Å². The number of aromatic amines is 1. The van der Waals surface area contributed by atoms with Crippen LogP contribution in [0.5, 0.6) is 0 Å². The van der Waals surface area contributed by atoms with Gasteiger partial charge >= 0.3 is 0 Å². The Labute approximate surface area is 157 Å². The normalized spacial score (nSPS) is 16.4. The molecule has 0 aliphatic carbocycles. The number of hydrogen-bond donors (Lipinski definition) is 1. The van der Waals surface area contributed by atoms with Gasteiger partial charge in [0.1, 0.15) is 5.69 Å². The van der Waals surface area contributed by atoms with E-state index in [9.17, 15) is 4.79 Å². The molecular formula is C21H20ClN3O. The van der Waals surface area contributed by atoms with Crippen LogP contribution in [0, 0.1) is 5.92 Å². The smallest absolute Gasteiger partial charge is 0.273 e. The lowest BCUT2D eigenvalue weighted by atomic mass is 9.96. The maximum Gasteiger partial charge on any atom is 0.273 e. The molecular weight excluding hydrogens is 346 g/mol. The number of halogens is 1.